The van der Waals surface area contributed by atoms with Gasteiger partial charge in [0.05, 0.1) is 27.2 Å². The van der Waals surface area contributed by atoms with E-state index < -0.39 is 17.7 Å². The van der Waals surface area contributed by atoms with E-state index in [9.17, 15) is 14.7 Å². The molecule has 4 heterocycles. The Hall–Kier alpha value is -3.39. The van der Waals surface area contributed by atoms with Gasteiger partial charge in [-0.1, -0.05) is 12.1 Å². The van der Waals surface area contributed by atoms with Crippen LogP contribution < -0.4 is 0 Å². The lowest BCUT2D eigenvalue weighted by molar-refractivity contribution is -0.130. The van der Waals surface area contributed by atoms with Gasteiger partial charge in [0.15, 0.2) is 5.76 Å². The summed E-state index contributed by atoms with van der Waals surface area (Å²) in [6.07, 6.45) is 6.52. The number of pyridine rings is 2. The second-order valence-corrected chi connectivity index (χ2v) is 7.93. The van der Waals surface area contributed by atoms with Crippen LogP contribution in [0.3, 0.4) is 0 Å². The molecule has 0 spiro atoms. The molecule has 0 bridgehead atoms. The van der Waals surface area contributed by atoms with Crippen molar-refractivity contribution in [2.75, 3.05) is 0 Å². The van der Waals surface area contributed by atoms with E-state index in [1.54, 1.807) is 49.9 Å². The van der Waals surface area contributed by atoms with Gasteiger partial charge in [0.25, 0.3) is 5.91 Å². The number of amides is 1. The highest BCUT2D eigenvalue weighted by Crippen LogP contribution is 2.40. The maximum absolute atomic E-state index is 13.4. The van der Waals surface area contributed by atoms with E-state index in [0.717, 1.165) is 10.6 Å². The number of aliphatic hydroxyl groups is 1. The third kappa shape index (κ3) is 3.42. The molecule has 29 heavy (non-hydrogen) atoms. The van der Waals surface area contributed by atoms with Gasteiger partial charge in [0, 0.05) is 31.3 Å². The summed E-state index contributed by atoms with van der Waals surface area (Å²) in [5.74, 6) is -1.51. The van der Waals surface area contributed by atoms with Crippen LogP contribution in [0.4, 0.5) is 0 Å². The molecule has 146 valence electrons. The van der Waals surface area contributed by atoms with Crippen LogP contribution in [0.2, 0.25) is 0 Å². The zero-order valence-corrected chi connectivity index (χ0v) is 16.7. The maximum atomic E-state index is 13.4. The molecule has 8 heteroatoms. The number of hydrogen-bond acceptors (Lipinski definition) is 7. The number of aliphatic hydroxyl groups excluding tert-OH is 1. The molecule has 0 radical (unpaired) electrons. The molecular formula is C21H18N4O3S. The Labute approximate surface area is 171 Å². The predicted molar refractivity (Wildman–Crippen MR) is 107 cm³/mol. The lowest BCUT2D eigenvalue weighted by Gasteiger charge is -2.26. The number of aryl methyl sites for hydroxylation is 2. The molecule has 0 unspecified atom stereocenters. The first kappa shape index (κ1) is 18.9. The number of nitrogens with zero attached hydrogens (tertiary/aromatic N) is 4. The highest BCUT2D eigenvalue weighted by molar-refractivity contribution is 7.14. The molecule has 3 aromatic rings. The van der Waals surface area contributed by atoms with Gasteiger partial charge in [-0.2, -0.15) is 0 Å². The topological polar surface area (TPSA) is 96.3 Å². The predicted octanol–water partition coefficient (Wildman–Crippen LogP) is 3.33. The molecule has 1 atom stereocenters. The van der Waals surface area contributed by atoms with Gasteiger partial charge in [-0.25, -0.2) is 4.98 Å². The molecule has 1 amide bonds. The molecule has 3 aromatic heterocycles. The summed E-state index contributed by atoms with van der Waals surface area (Å²) in [5.41, 5.74) is 2.08. The Morgan fingerprint density at radius 3 is 2.48 bits per heavy atom. The van der Waals surface area contributed by atoms with Crippen LogP contribution >= 0.6 is 11.3 Å². The second kappa shape index (κ2) is 7.56. The zero-order chi connectivity index (χ0) is 20.5. The molecular weight excluding hydrogens is 388 g/mol. The van der Waals surface area contributed by atoms with Crippen LogP contribution in [0.25, 0.3) is 0 Å². The van der Waals surface area contributed by atoms with Crippen molar-refractivity contribution in [1.29, 1.82) is 0 Å². The Morgan fingerprint density at radius 1 is 1.17 bits per heavy atom. The summed E-state index contributed by atoms with van der Waals surface area (Å²) >= 11 is 1.25. The van der Waals surface area contributed by atoms with Gasteiger partial charge in [0.2, 0.25) is 5.78 Å². The fourth-order valence-corrected chi connectivity index (χ4v) is 4.36. The molecule has 4 rings (SSSR count). The van der Waals surface area contributed by atoms with Crippen molar-refractivity contribution in [2.45, 2.75) is 26.4 Å². The van der Waals surface area contributed by atoms with Crippen LogP contribution in [0.1, 0.15) is 37.5 Å². The number of carbonyl (C=O) groups excluding carboxylic acids is 2. The first-order valence-corrected chi connectivity index (χ1v) is 9.80. The number of aromatic nitrogens is 3. The van der Waals surface area contributed by atoms with Crippen molar-refractivity contribution in [3.63, 3.8) is 0 Å². The maximum Gasteiger partial charge on any atom is 0.290 e. The number of rotatable bonds is 5. The van der Waals surface area contributed by atoms with E-state index in [4.69, 9.17) is 0 Å². The van der Waals surface area contributed by atoms with Gasteiger partial charge >= 0.3 is 0 Å². The number of hydrogen-bond donors (Lipinski definition) is 1. The van der Waals surface area contributed by atoms with Crippen molar-refractivity contribution < 1.29 is 14.7 Å². The number of Topliss-reactive ketones (excluding diaryl/α,β-unsaturated/α-hetero) is 1. The molecule has 7 nitrogen and oxygen atoms in total. The summed E-state index contributed by atoms with van der Waals surface area (Å²) in [7, 11) is 0. The molecule has 1 N–H and O–H groups in total. The average Bonchev–Trinajstić information content (AvgIpc) is 3.19. The summed E-state index contributed by atoms with van der Waals surface area (Å²) in [5, 5.41) is 11.4. The normalized spacial score (nSPS) is 16.6. The van der Waals surface area contributed by atoms with E-state index in [1.807, 2.05) is 13.0 Å². The quantitative estimate of drug-likeness (QED) is 0.653. The summed E-state index contributed by atoms with van der Waals surface area (Å²) in [6, 6.07) is 6.40. The monoisotopic (exact) mass is 406 g/mol. The third-order valence-corrected chi connectivity index (χ3v) is 5.81. The largest absolute Gasteiger partial charge is 0.503 e. The highest BCUT2D eigenvalue weighted by Gasteiger charge is 2.44. The third-order valence-electron chi connectivity index (χ3n) is 4.73. The summed E-state index contributed by atoms with van der Waals surface area (Å²) < 4.78 is 0. The first-order valence-electron chi connectivity index (χ1n) is 8.99. The van der Waals surface area contributed by atoms with E-state index in [1.165, 1.54) is 16.2 Å². The lowest BCUT2D eigenvalue weighted by atomic mass is 9.96. The van der Waals surface area contributed by atoms with Gasteiger partial charge in [0.1, 0.15) is 0 Å². The molecule has 0 fully saturated rings. The van der Waals surface area contributed by atoms with Gasteiger partial charge < -0.3 is 10.0 Å². The van der Waals surface area contributed by atoms with Crippen LogP contribution in [0.5, 0.6) is 0 Å². The fraction of sp³-hybridized carbons (Fsp3) is 0.190. The smallest absolute Gasteiger partial charge is 0.290 e. The lowest BCUT2D eigenvalue weighted by Crippen LogP contribution is -2.30. The fourth-order valence-electron chi connectivity index (χ4n) is 3.49. The number of carbonyl (C=O) groups is 2. The van der Waals surface area contributed by atoms with Crippen molar-refractivity contribution in [2.24, 2.45) is 0 Å². The minimum Gasteiger partial charge on any atom is -0.503 e. The molecule has 0 saturated heterocycles. The number of ketones is 1. The van der Waals surface area contributed by atoms with E-state index in [2.05, 4.69) is 15.0 Å². The Bertz CT molecular complexity index is 1110. The van der Waals surface area contributed by atoms with Crippen LogP contribution in [-0.2, 0) is 11.3 Å². The molecule has 1 aliphatic rings. The second-order valence-electron chi connectivity index (χ2n) is 6.72. The highest BCUT2D eigenvalue weighted by atomic mass is 32.1. The minimum absolute atomic E-state index is 0.0543. The minimum atomic E-state index is -0.745. The van der Waals surface area contributed by atoms with Crippen LogP contribution in [-0.4, -0.2) is 36.6 Å². The van der Waals surface area contributed by atoms with Gasteiger partial charge in [-0.15, -0.1) is 11.3 Å². The van der Waals surface area contributed by atoms with Crippen LogP contribution in [0, 0.1) is 13.8 Å². The van der Waals surface area contributed by atoms with Crippen molar-refractivity contribution in [1.82, 2.24) is 19.9 Å². The molecule has 0 aliphatic carbocycles. The van der Waals surface area contributed by atoms with Gasteiger partial charge in [-0.05, 0) is 37.1 Å². The SMILES string of the molecule is Cc1nc(C)c(C(=O)C2=C(O)C(=O)N(Cc3cccnc3)[C@H]2c2cccnc2)s1. The van der Waals surface area contributed by atoms with Crippen molar-refractivity contribution in [3.05, 3.63) is 87.1 Å². The summed E-state index contributed by atoms with van der Waals surface area (Å²) in [4.78, 5) is 40.7. The van der Waals surface area contributed by atoms with Crippen molar-refractivity contribution >= 4 is 23.0 Å². The average molecular weight is 406 g/mol. The standard InChI is InChI=1S/C21H18N4O3S/c1-12-20(29-13(2)24-12)18(26)16-17(15-6-4-8-23-10-15)25(21(28)19(16)27)11-14-5-3-7-22-9-14/h3-10,17,27H,11H2,1-2H3/t17-/m0/s1. The molecule has 0 saturated carbocycles. The molecule has 1 aliphatic heterocycles. The van der Waals surface area contributed by atoms with Crippen LogP contribution in [0.15, 0.2) is 60.4 Å². The van der Waals surface area contributed by atoms with E-state index in [-0.39, 0.29) is 17.9 Å². The Kier molecular flexibility index (Phi) is 4.94. The Balaban J connectivity index is 1.81. The van der Waals surface area contributed by atoms with E-state index in [0.29, 0.717) is 16.1 Å². The van der Waals surface area contributed by atoms with Crippen molar-refractivity contribution in [3.8, 4) is 0 Å². The molecule has 0 aromatic carbocycles. The number of thiazole rings is 1. The van der Waals surface area contributed by atoms with E-state index >= 15 is 0 Å². The summed E-state index contributed by atoms with van der Waals surface area (Å²) in [6.45, 7) is 3.77. The first-order chi connectivity index (χ1) is 14.0. The zero-order valence-electron chi connectivity index (χ0n) is 15.9. The van der Waals surface area contributed by atoms with Gasteiger partial charge in [-0.3, -0.25) is 19.6 Å². The Morgan fingerprint density at radius 2 is 1.90 bits per heavy atom.